The minimum Gasteiger partial charge on any atom is -0.390 e. The number of aliphatic hydroxyl groups excluding tert-OH is 1. The summed E-state index contributed by atoms with van der Waals surface area (Å²) in [6, 6.07) is 11.9. The van der Waals surface area contributed by atoms with Gasteiger partial charge in [0.25, 0.3) is 0 Å². The molecule has 2 N–H and O–H groups in total. The van der Waals surface area contributed by atoms with Crippen molar-refractivity contribution >= 4 is 15.8 Å². The molecule has 1 aromatic heterocycles. The summed E-state index contributed by atoms with van der Waals surface area (Å²) in [7, 11) is -3.63. The highest BCUT2D eigenvalue weighted by molar-refractivity contribution is 7.88. The molecule has 1 aromatic carbocycles. The molecule has 3 rings (SSSR count). The number of benzene rings is 1. The van der Waals surface area contributed by atoms with Crippen molar-refractivity contribution in [3.8, 4) is 6.07 Å². The molecule has 0 aliphatic carbocycles. The summed E-state index contributed by atoms with van der Waals surface area (Å²) in [5, 5.41) is 26.8. The van der Waals surface area contributed by atoms with E-state index in [1.54, 1.807) is 11.0 Å². The van der Waals surface area contributed by atoms with Gasteiger partial charge in [-0.15, -0.1) is 10.2 Å². The number of rotatable bonds is 5. The molecular weight excluding hydrogens is 390 g/mol. The lowest BCUT2D eigenvalue weighted by atomic mass is 9.87. The number of nitrogens with zero attached hydrogens (tertiary/aromatic N) is 4. The van der Waals surface area contributed by atoms with Crippen molar-refractivity contribution in [1.29, 1.82) is 5.26 Å². The van der Waals surface area contributed by atoms with Gasteiger partial charge in [-0.2, -0.15) is 5.26 Å². The summed E-state index contributed by atoms with van der Waals surface area (Å²) in [6.45, 7) is 6.81. The average molecular weight is 416 g/mol. The lowest BCUT2D eigenvalue weighted by Gasteiger charge is -2.19. The third-order valence-corrected chi connectivity index (χ3v) is 6.26. The molecule has 8 nitrogen and oxygen atoms in total. The van der Waals surface area contributed by atoms with Crippen LogP contribution >= 0.6 is 0 Å². The molecule has 2 atom stereocenters. The first kappa shape index (κ1) is 21.2. The van der Waals surface area contributed by atoms with Crippen LogP contribution in [0.25, 0.3) is 0 Å². The predicted octanol–water partition coefficient (Wildman–Crippen LogP) is 1.31. The zero-order valence-electron chi connectivity index (χ0n) is 16.7. The maximum Gasteiger partial charge on any atom is 0.216 e. The Balaban J connectivity index is 1.64. The van der Waals surface area contributed by atoms with Crippen molar-refractivity contribution in [2.24, 2.45) is 0 Å². The molecule has 154 valence electrons. The molecule has 0 radical (unpaired) electrons. The number of nitrogens with one attached hydrogen (secondary N) is 1. The van der Waals surface area contributed by atoms with Crippen LogP contribution in [0.3, 0.4) is 0 Å². The third-order valence-electron chi connectivity index (χ3n) is 4.89. The number of β-amino-alcohol motifs (C(OH)–C–C–N with tert-alkyl or cyclic N) is 1. The second-order valence-corrected chi connectivity index (χ2v) is 10.0. The molecule has 29 heavy (non-hydrogen) atoms. The Bertz CT molecular complexity index is 992. The van der Waals surface area contributed by atoms with Crippen LogP contribution in [0.2, 0.25) is 0 Å². The van der Waals surface area contributed by atoms with Crippen LogP contribution in [-0.4, -0.2) is 49.0 Å². The number of hydrogen-bond acceptors (Lipinski definition) is 7. The van der Waals surface area contributed by atoms with E-state index in [-0.39, 0.29) is 30.0 Å². The van der Waals surface area contributed by atoms with E-state index >= 15 is 0 Å². The average Bonchev–Trinajstić information content (AvgIpc) is 3.01. The first-order valence-electron chi connectivity index (χ1n) is 9.34. The SMILES string of the molecule is CC(C)(C)c1ccc(CS(=O)(=O)N[C@@H]2CN(c3ccc(C#N)nn3)C[C@@H]2O)cc1. The first-order valence-corrected chi connectivity index (χ1v) is 11.0. The number of anilines is 1. The smallest absolute Gasteiger partial charge is 0.216 e. The number of sulfonamides is 1. The van der Waals surface area contributed by atoms with Gasteiger partial charge in [-0.05, 0) is 28.7 Å². The zero-order chi connectivity index (χ0) is 21.2. The molecule has 0 spiro atoms. The van der Waals surface area contributed by atoms with E-state index in [1.807, 2.05) is 30.3 Å². The minimum atomic E-state index is -3.63. The Kier molecular flexibility index (Phi) is 5.89. The van der Waals surface area contributed by atoms with Crippen LogP contribution in [-0.2, 0) is 21.2 Å². The largest absolute Gasteiger partial charge is 0.390 e. The van der Waals surface area contributed by atoms with Crippen LogP contribution < -0.4 is 9.62 Å². The van der Waals surface area contributed by atoms with Crippen molar-refractivity contribution in [3.05, 3.63) is 53.2 Å². The topological polar surface area (TPSA) is 119 Å². The maximum atomic E-state index is 12.6. The Hall–Kier alpha value is -2.54. The summed E-state index contributed by atoms with van der Waals surface area (Å²) in [5.74, 6) is 0.333. The van der Waals surface area contributed by atoms with Crippen molar-refractivity contribution in [2.75, 3.05) is 18.0 Å². The molecule has 2 aromatic rings. The maximum absolute atomic E-state index is 12.6. The zero-order valence-corrected chi connectivity index (χ0v) is 17.5. The lowest BCUT2D eigenvalue weighted by Crippen LogP contribution is -2.43. The van der Waals surface area contributed by atoms with Gasteiger partial charge in [0.1, 0.15) is 6.07 Å². The molecule has 0 amide bonds. The second-order valence-electron chi connectivity index (χ2n) is 8.29. The van der Waals surface area contributed by atoms with Gasteiger partial charge >= 0.3 is 0 Å². The van der Waals surface area contributed by atoms with Gasteiger partial charge in [0.15, 0.2) is 11.5 Å². The van der Waals surface area contributed by atoms with Crippen LogP contribution in [0, 0.1) is 11.3 Å². The lowest BCUT2D eigenvalue weighted by molar-refractivity contribution is 0.174. The van der Waals surface area contributed by atoms with E-state index in [0.717, 1.165) is 5.56 Å². The van der Waals surface area contributed by atoms with E-state index in [0.29, 0.717) is 11.4 Å². The van der Waals surface area contributed by atoms with Gasteiger partial charge in [-0.1, -0.05) is 45.0 Å². The first-order chi connectivity index (χ1) is 13.6. The molecule has 0 saturated carbocycles. The van der Waals surface area contributed by atoms with E-state index in [4.69, 9.17) is 5.26 Å². The second kappa shape index (κ2) is 8.06. The Morgan fingerprint density at radius 2 is 1.86 bits per heavy atom. The van der Waals surface area contributed by atoms with Gasteiger partial charge in [0, 0.05) is 13.1 Å². The normalized spacial score (nSPS) is 19.9. The standard InChI is InChI=1S/C20H25N5O3S/c1-20(2,3)15-6-4-14(5-7-15)13-29(27,28)24-17-11-25(12-18(17)26)19-9-8-16(10-21)22-23-19/h4-9,17-18,24,26H,11-13H2,1-3H3/t17-,18+/m1/s1. The van der Waals surface area contributed by atoms with Gasteiger partial charge in [0.2, 0.25) is 10.0 Å². The van der Waals surface area contributed by atoms with Crippen molar-refractivity contribution in [2.45, 2.75) is 44.1 Å². The number of aliphatic hydroxyl groups is 1. The molecule has 1 fully saturated rings. The fourth-order valence-corrected chi connectivity index (χ4v) is 4.64. The monoisotopic (exact) mass is 415 g/mol. The van der Waals surface area contributed by atoms with Crippen molar-refractivity contribution < 1.29 is 13.5 Å². The van der Waals surface area contributed by atoms with Gasteiger partial charge in [-0.25, -0.2) is 13.1 Å². The molecular formula is C20H25N5O3S. The molecule has 9 heteroatoms. The fraction of sp³-hybridized carbons (Fsp3) is 0.450. The highest BCUT2D eigenvalue weighted by Gasteiger charge is 2.35. The van der Waals surface area contributed by atoms with Crippen molar-refractivity contribution in [3.63, 3.8) is 0 Å². The van der Waals surface area contributed by atoms with Crippen LogP contribution in [0.15, 0.2) is 36.4 Å². The van der Waals surface area contributed by atoms with Crippen LogP contribution in [0.1, 0.15) is 37.6 Å². The van der Waals surface area contributed by atoms with E-state index in [9.17, 15) is 13.5 Å². The number of nitriles is 1. The Labute approximate surface area is 171 Å². The molecule has 0 bridgehead atoms. The fourth-order valence-electron chi connectivity index (χ4n) is 3.24. The summed E-state index contributed by atoms with van der Waals surface area (Å²) >= 11 is 0. The molecule has 1 aliphatic heterocycles. The highest BCUT2D eigenvalue weighted by atomic mass is 32.2. The molecule has 2 heterocycles. The number of hydrogen-bond donors (Lipinski definition) is 2. The third kappa shape index (κ3) is 5.29. The highest BCUT2D eigenvalue weighted by Crippen LogP contribution is 2.23. The van der Waals surface area contributed by atoms with Gasteiger partial charge in [-0.3, -0.25) is 0 Å². The summed E-state index contributed by atoms with van der Waals surface area (Å²) in [5.41, 5.74) is 2.02. The Morgan fingerprint density at radius 1 is 1.17 bits per heavy atom. The predicted molar refractivity (Wildman–Crippen MR) is 110 cm³/mol. The van der Waals surface area contributed by atoms with Crippen LogP contribution in [0.5, 0.6) is 0 Å². The summed E-state index contributed by atoms with van der Waals surface area (Å²) in [6.07, 6.45) is -0.870. The van der Waals surface area contributed by atoms with Gasteiger partial charge < -0.3 is 10.0 Å². The van der Waals surface area contributed by atoms with E-state index in [2.05, 4.69) is 35.7 Å². The summed E-state index contributed by atoms with van der Waals surface area (Å²) < 4.78 is 27.8. The van der Waals surface area contributed by atoms with Crippen LogP contribution in [0.4, 0.5) is 5.82 Å². The van der Waals surface area contributed by atoms with Gasteiger partial charge in [0.05, 0.1) is 17.9 Å². The van der Waals surface area contributed by atoms with E-state index < -0.39 is 22.2 Å². The molecule has 1 saturated heterocycles. The quantitative estimate of drug-likeness (QED) is 0.756. The van der Waals surface area contributed by atoms with E-state index in [1.165, 1.54) is 6.07 Å². The van der Waals surface area contributed by atoms with Crippen molar-refractivity contribution in [1.82, 2.24) is 14.9 Å². The Morgan fingerprint density at radius 3 is 2.41 bits per heavy atom. The summed E-state index contributed by atoms with van der Waals surface area (Å²) in [4.78, 5) is 1.74. The molecule has 1 aliphatic rings. The minimum absolute atomic E-state index is 0.00139. The number of aromatic nitrogens is 2. The molecule has 0 unspecified atom stereocenters.